The van der Waals surface area contributed by atoms with Gasteiger partial charge in [-0.3, -0.25) is 4.79 Å². The van der Waals surface area contributed by atoms with Gasteiger partial charge in [0.25, 0.3) is 0 Å². The predicted octanol–water partition coefficient (Wildman–Crippen LogP) is 1.65. The molecule has 0 aromatic rings. The molecule has 90 valence electrons. The summed E-state index contributed by atoms with van der Waals surface area (Å²) in [7, 11) is 1.71. The zero-order valence-electron chi connectivity index (χ0n) is 9.79. The summed E-state index contributed by atoms with van der Waals surface area (Å²) in [6.45, 7) is 3.81. The minimum absolute atomic E-state index is 0.287. The van der Waals surface area contributed by atoms with Gasteiger partial charge >= 0.3 is 5.97 Å². The lowest BCUT2D eigenvalue weighted by Gasteiger charge is -2.15. The van der Waals surface area contributed by atoms with Crippen LogP contribution in [0.2, 0.25) is 0 Å². The normalized spacial score (nSPS) is 12.7. The van der Waals surface area contributed by atoms with Crippen molar-refractivity contribution in [3.63, 3.8) is 0 Å². The number of rotatable bonds is 10. The largest absolute Gasteiger partial charge is 0.481 e. The van der Waals surface area contributed by atoms with E-state index in [4.69, 9.17) is 9.84 Å². The van der Waals surface area contributed by atoms with Crippen molar-refractivity contribution in [3.8, 4) is 0 Å². The van der Waals surface area contributed by atoms with Gasteiger partial charge in [0.15, 0.2) is 0 Å². The molecule has 0 aromatic heterocycles. The number of aliphatic carboxylic acids is 1. The topological polar surface area (TPSA) is 58.6 Å². The Balaban J connectivity index is 3.24. The quantitative estimate of drug-likeness (QED) is 0.546. The molecule has 0 heterocycles. The number of ether oxygens (including phenoxy) is 1. The first-order valence-electron chi connectivity index (χ1n) is 5.64. The van der Waals surface area contributed by atoms with Crippen LogP contribution >= 0.6 is 0 Å². The molecule has 0 rings (SSSR count). The second kappa shape index (κ2) is 9.93. The summed E-state index contributed by atoms with van der Waals surface area (Å²) in [6.07, 6.45) is 4.13. The number of hydrogen-bond acceptors (Lipinski definition) is 3. The van der Waals surface area contributed by atoms with E-state index in [0.29, 0.717) is 6.04 Å². The Hall–Kier alpha value is -0.610. The summed E-state index contributed by atoms with van der Waals surface area (Å²) in [5.41, 5.74) is 0. The minimum Gasteiger partial charge on any atom is -0.481 e. The highest BCUT2D eigenvalue weighted by molar-refractivity contribution is 5.66. The van der Waals surface area contributed by atoms with E-state index in [-0.39, 0.29) is 6.42 Å². The number of carboxylic acids is 1. The molecule has 0 aliphatic heterocycles. The Labute approximate surface area is 92.0 Å². The molecular formula is C11H23NO3. The Kier molecular flexibility index (Phi) is 9.52. The average molecular weight is 217 g/mol. The van der Waals surface area contributed by atoms with E-state index in [0.717, 1.165) is 38.8 Å². The third-order valence-corrected chi connectivity index (χ3v) is 2.36. The number of carboxylic acid groups (broad SMARTS) is 1. The Morgan fingerprint density at radius 1 is 1.40 bits per heavy atom. The molecule has 15 heavy (non-hydrogen) atoms. The maximum atomic E-state index is 10.2. The Morgan fingerprint density at radius 3 is 2.67 bits per heavy atom. The summed E-state index contributed by atoms with van der Waals surface area (Å²) in [5, 5.41) is 11.8. The van der Waals surface area contributed by atoms with E-state index >= 15 is 0 Å². The molecule has 0 aromatic carbocycles. The van der Waals surface area contributed by atoms with Gasteiger partial charge in [0.05, 0.1) is 6.61 Å². The van der Waals surface area contributed by atoms with Crippen molar-refractivity contribution >= 4 is 5.97 Å². The van der Waals surface area contributed by atoms with Gasteiger partial charge in [0, 0.05) is 19.6 Å². The summed E-state index contributed by atoms with van der Waals surface area (Å²) < 4.78 is 5.06. The second-order valence-corrected chi connectivity index (χ2v) is 3.72. The molecule has 1 atom stereocenters. The lowest BCUT2D eigenvalue weighted by atomic mass is 10.2. The summed E-state index contributed by atoms with van der Waals surface area (Å²) in [4.78, 5) is 10.2. The van der Waals surface area contributed by atoms with Crippen molar-refractivity contribution < 1.29 is 14.6 Å². The van der Waals surface area contributed by atoms with Crippen LogP contribution in [0.5, 0.6) is 0 Å². The lowest BCUT2D eigenvalue weighted by Crippen LogP contribution is -2.33. The SMILES string of the molecule is CCC(COC)NCCCCCC(=O)O. The molecule has 0 aliphatic rings. The number of hydrogen-bond donors (Lipinski definition) is 2. The Bertz CT molecular complexity index is 162. The first-order chi connectivity index (χ1) is 7.20. The van der Waals surface area contributed by atoms with Crippen LogP contribution in [0.4, 0.5) is 0 Å². The van der Waals surface area contributed by atoms with Crippen LogP contribution in [-0.2, 0) is 9.53 Å². The van der Waals surface area contributed by atoms with Gasteiger partial charge in [-0.1, -0.05) is 13.3 Å². The van der Waals surface area contributed by atoms with Gasteiger partial charge in [-0.25, -0.2) is 0 Å². The van der Waals surface area contributed by atoms with E-state index in [1.165, 1.54) is 0 Å². The monoisotopic (exact) mass is 217 g/mol. The third kappa shape index (κ3) is 9.69. The Morgan fingerprint density at radius 2 is 2.13 bits per heavy atom. The average Bonchev–Trinajstić information content (AvgIpc) is 2.21. The van der Waals surface area contributed by atoms with Crippen molar-refractivity contribution in [2.75, 3.05) is 20.3 Å². The molecule has 0 radical (unpaired) electrons. The van der Waals surface area contributed by atoms with Crippen molar-refractivity contribution in [2.24, 2.45) is 0 Å². The first-order valence-corrected chi connectivity index (χ1v) is 5.64. The van der Waals surface area contributed by atoms with Gasteiger partial charge in [0.2, 0.25) is 0 Å². The van der Waals surface area contributed by atoms with Gasteiger partial charge < -0.3 is 15.2 Å². The minimum atomic E-state index is -0.700. The van der Waals surface area contributed by atoms with Crippen molar-refractivity contribution in [2.45, 2.75) is 45.1 Å². The van der Waals surface area contributed by atoms with E-state index in [9.17, 15) is 4.79 Å². The zero-order valence-corrected chi connectivity index (χ0v) is 9.79. The van der Waals surface area contributed by atoms with E-state index in [1.807, 2.05) is 0 Å². The van der Waals surface area contributed by atoms with Crippen LogP contribution in [0, 0.1) is 0 Å². The number of methoxy groups -OCH3 is 1. The fourth-order valence-corrected chi connectivity index (χ4v) is 1.41. The maximum Gasteiger partial charge on any atom is 0.303 e. The molecule has 0 spiro atoms. The molecule has 0 saturated heterocycles. The molecule has 4 heteroatoms. The summed E-state index contributed by atoms with van der Waals surface area (Å²) in [5.74, 6) is -0.700. The zero-order chi connectivity index (χ0) is 11.5. The molecule has 2 N–H and O–H groups in total. The molecule has 0 amide bonds. The maximum absolute atomic E-state index is 10.2. The van der Waals surface area contributed by atoms with Crippen molar-refractivity contribution in [1.29, 1.82) is 0 Å². The smallest absolute Gasteiger partial charge is 0.303 e. The predicted molar refractivity (Wildman–Crippen MR) is 60.1 cm³/mol. The standard InChI is InChI=1S/C11H23NO3/c1-3-10(9-15-2)12-8-6-4-5-7-11(13)14/h10,12H,3-9H2,1-2H3,(H,13,14). The molecule has 4 nitrogen and oxygen atoms in total. The van der Waals surface area contributed by atoms with Crippen LogP contribution in [0.15, 0.2) is 0 Å². The van der Waals surface area contributed by atoms with Crippen LogP contribution in [-0.4, -0.2) is 37.4 Å². The highest BCUT2D eigenvalue weighted by atomic mass is 16.5. The van der Waals surface area contributed by atoms with Crippen molar-refractivity contribution in [3.05, 3.63) is 0 Å². The fraction of sp³-hybridized carbons (Fsp3) is 0.909. The molecule has 0 aliphatic carbocycles. The molecule has 1 unspecified atom stereocenters. The first kappa shape index (κ1) is 14.4. The van der Waals surface area contributed by atoms with E-state index in [1.54, 1.807) is 7.11 Å². The van der Waals surface area contributed by atoms with Crippen LogP contribution in [0.25, 0.3) is 0 Å². The highest BCUT2D eigenvalue weighted by Crippen LogP contribution is 1.99. The number of unbranched alkanes of at least 4 members (excludes halogenated alkanes) is 2. The van der Waals surface area contributed by atoms with Crippen LogP contribution < -0.4 is 5.32 Å². The van der Waals surface area contributed by atoms with Crippen molar-refractivity contribution in [1.82, 2.24) is 5.32 Å². The summed E-state index contributed by atoms with van der Waals surface area (Å²) >= 11 is 0. The van der Waals surface area contributed by atoms with Gasteiger partial charge in [0.1, 0.15) is 0 Å². The van der Waals surface area contributed by atoms with E-state index < -0.39 is 5.97 Å². The van der Waals surface area contributed by atoms with Crippen LogP contribution in [0.3, 0.4) is 0 Å². The van der Waals surface area contributed by atoms with Gasteiger partial charge in [-0.05, 0) is 25.8 Å². The fourth-order valence-electron chi connectivity index (χ4n) is 1.41. The molecule has 0 fully saturated rings. The number of carbonyl (C=O) groups is 1. The van der Waals surface area contributed by atoms with Crippen LogP contribution in [0.1, 0.15) is 39.0 Å². The lowest BCUT2D eigenvalue weighted by molar-refractivity contribution is -0.137. The van der Waals surface area contributed by atoms with E-state index in [2.05, 4.69) is 12.2 Å². The highest BCUT2D eigenvalue weighted by Gasteiger charge is 2.03. The summed E-state index contributed by atoms with van der Waals surface area (Å²) in [6, 6.07) is 0.425. The second-order valence-electron chi connectivity index (χ2n) is 3.72. The number of nitrogens with one attached hydrogen (secondary N) is 1. The third-order valence-electron chi connectivity index (χ3n) is 2.36. The van der Waals surface area contributed by atoms with Gasteiger partial charge in [-0.2, -0.15) is 0 Å². The van der Waals surface area contributed by atoms with Gasteiger partial charge in [-0.15, -0.1) is 0 Å². The molecule has 0 bridgehead atoms. The molecule has 0 saturated carbocycles. The molecular weight excluding hydrogens is 194 g/mol.